The van der Waals surface area contributed by atoms with Crippen LogP contribution in [0, 0.1) is 11.8 Å². The molecule has 2 aromatic carbocycles. The predicted molar refractivity (Wildman–Crippen MR) is 155 cm³/mol. The number of hydrogen-bond donors (Lipinski definition) is 1. The van der Waals surface area contributed by atoms with E-state index in [2.05, 4.69) is 0 Å². The number of nitrogens with zero attached hydrogens (tertiary/aromatic N) is 3. The average Bonchev–Trinajstić information content (AvgIpc) is 3.27. The molecule has 0 aromatic heterocycles. The Kier molecular flexibility index (Phi) is 7.26. The van der Waals surface area contributed by atoms with Crippen molar-refractivity contribution in [1.29, 1.82) is 0 Å². The summed E-state index contributed by atoms with van der Waals surface area (Å²) >= 11 is 6.11. The second kappa shape index (κ2) is 10.7. The number of fused-ring (bicyclic) bond motifs is 2. The first kappa shape index (κ1) is 27.7. The van der Waals surface area contributed by atoms with E-state index in [4.69, 9.17) is 16.3 Å². The monoisotopic (exact) mass is 575 g/mol. The fourth-order valence-electron chi connectivity index (χ4n) is 7.09. The Morgan fingerprint density at radius 2 is 1.66 bits per heavy atom. The summed E-state index contributed by atoms with van der Waals surface area (Å²) in [5, 5.41) is 10.2. The normalized spacial score (nSPS) is 30.8. The molecule has 6 rings (SSSR count). The summed E-state index contributed by atoms with van der Waals surface area (Å²) in [7, 11) is 0. The maximum absolute atomic E-state index is 14.4. The molecule has 1 spiro atoms. The zero-order valence-corrected chi connectivity index (χ0v) is 23.7. The standard InChI is InChI=1S/C32H34ClN3O5/c1-2-31-15-6-17-34(21-22-9-4-3-5-10-22)28(38)25(31)26-29(39)36(19-8-20-37)27-30(40)35(18-7-16-32(26,27)41-31)24-13-11-23(33)12-14-24/h3-7,9-16,25-27,37H,2,8,17-21H2,1H3/t25-,26+,27?,31+,32+/m1/s1. The van der Waals surface area contributed by atoms with Gasteiger partial charge in [0, 0.05) is 43.5 Å². The van der Waals surface area contributed by atoms with Gasteiger partial charge in [-0.15, -0.1) is 0 Å². The van der Waals surface area contributed by atoms with E-state index in [-0.39, 0.29) is 37.4 Å². The van der Waals surface area contributed by atoms with E-state index < -0.39 is 29.1 Å². The van der Waals surface area contributed by atoms with Crippen LogP contribution in [0.25, 0.3) is 0 Å². The van der Waals surface area contributed by atoms with Crippen molar-refractivity contribution in [3.8, 4) is 0 Å². The molecule has 0 bridgehead atoms. The van der Waals surface area contributed by atoms with E-state index in [0.717, 1.165) is 5.56 Å². The van der Waals surface area contributed by atoms with Crippen molar-refractivity contribution in [1.82, 2.24) is 9.80 Å². The molecule has 1 unspecified atom stereocenters. The number of halogens is 1. The molecule has 4 aliphatic rings. The number of carbonyl (C=O) groups excluding carboxylic acids is 3. The fraction of sp³-hybridized carbons (Fsp3) is 0.406. The molecule has 5 atom stereocenters. The van der Waals surface area contributed by atoms with Crippen LogP contribution in [0.15, 0.2) is 78.9 Å². The minimum atomic E-state index is -1.33. The first-order chi connectivity index (χ1) is 19.8. The minimum Gasteiger partial charge on any atom is -0.396 e. The SMILES string of the molecule is CC[C@]12C=CCN(Cc3ccccc3)C(=O)[C@H]1[C@H]1C(=O)N(CCCO)C3C(=O)N(c4ccc(Cl)cc4)CC=C[C@@]31O2. The van der Waals surface area contributed by atoms with Gasteiger partial charge in [-0.3, -0.25) is 14.4 Å². The zero-order chi connectivity index (χ0) is 28.8. The fourth-order valence-corrected chi connectivity index (χ4v) is 7.22. The van der Waals surface area contributed by atoms with E-state index in [9.17, 15) is 19.5 Å². The molecule has 2 fully saturated rings. The second-order valence-electron chi connectivity index (χ2n) is 11.2. The molecule has 0 aliphatic carbocycles. The first-order valence-electron chi connectivity index (χ1n) is 14.2. The third-order valence-electron chi connectivity index (χ3n) is 8.93. The molecule has 2 saturated heterocycles. The Bertz CT molecular complexity index is 1400. The third kappa shape index (κ3) is 4.40. The van der Waals surface area contributed by atoms with Gasteiger partial charge in [-0.1, -0.05) is 73.2 Å². The minimum absolute atomic E-state index is 0.130. The Morgan fingerprint density at radius 3 is 2.37 bits per heavy atom. The van der Waals surface area contributed by atoms with Crippen LogP contribution in [-0.2, 0) is 25.7 Å². The van der Waals surface area contributed by atoms with Crippen molar-refractivity contribution in [2.45, 2.75) is 43.6 Å². The lowest BCUT2D eigenvalue weighted by Crippen LogP contribution is -2.56. The number of aliphatic hydroxyl groups is 1. The van der Waals surface area contributed by atoms with Crippen LogP contribution in [0.3, 0.4) is 0 Å². The topological polar surface area (TPSA) is 90.4 Å². The Labute approximate surface area is 244 Å². The van der Waals surface area contributed by atoms with Gasteiger partial charge in [0.1, 0.15) is 11.6 Å². The number of anilines is 1. The van der Waals surface area contributed by atoms with E-state index in [1.807, 2.05) is 61.6 Å². The number of likely N-dealkylation sites (tertiary alicyclic amines) is 1. The largest absolute Gasteiger partial charge is 0.396 e. The maximum atomic E-state index is 14.4. The van der Waals surface area contributed by atoms with Crippen LogP contribution >= 0.6 is 11.6 Å². The summed E-state index contributed by atoms with van der Waals surface area (Å²) < 4.78 is 6.99. The summed E-state index contributed by atoms with van der Waals surface area (Å²) in [6, 6.07) is 15.8. The van der Waals surface area contributed by atoms with Crippen molar-refractivity contribution in [2.24, 2.45) is 11.8 Å². The van der Waals surface area contributed by atoms with Gasteiger partial charge in [0.15, 0.2) is 0 Å². The van der Waals surface area contributed by atoms with Crippen LogP contribution < -0.4 is 4.90 Å². The second-order valence-corrected chi connectivity index (χ2v) is 11.6. The van der Waals surface area contributed by atoms with E-state index in [1.165, 1.54) is 4.90 Å². The van der Waals surface area contributed by atoms with Crippen LogP contribution in [0.4, 0.5) is 5.69 Å². The van der Waals surface area contributed by atoms with Gasteiger partial charge in [0.2, 0.25) is 11.8 Å². The molecule has 1 N–H and O–H groups in total. The molecule has 3 amide bonds. The number of carbonyl (C=O) groups is 3. The molecular weight excluding hydrogens is 542 g/mol. The number of ether oxygens (including phenoxy) is 1. The van der Waals surface area contributed by atoms with Gasteiger partial charge >= 0.3 is 0 Å². The molecule has 2 aromatic rings. The smallest absolute Gasteiger partial charge is 0.253 e. The summed E-state index contributed by atoms with van der Waals surface area (Å²) in [6.45, 7) is 3.10. The molecule has 0 saturated carbocycles. The summed E-state index contributed by atoms with van der Waals surface area (Å²) in [5.74, 6) is -2.42. The van der Waals surface area contributed by atoms with Gasteiger partial charge in [-0.25, -0.2) is 0 Å². The van der Waals surface area contributed by atoms with Crippen LogP contribution in [-0.4, -0.2) is 76.1 Å². The lowest BCUT2D eigenvalue weighted by atomic mass is 9.73. The summed E-state index contributed by atoms with van der Waals surface area (Å²) in [4.78, 5) is 48.2. The number of benzene rings is 2. The molecule has 8 nitrogen and oxygen atoms in total. The van der Waals surface area contributed by atoms with Crippen molar-refractivity contribution >= 4 is 35.0 Å². The van der Waals surface area contributed by atoms with Crippen molar-refractivity contribution in [3.05, 3.63) is 89.5 Å². The molecular formula is C32H34ClN3O5. The van der Waals surface area contributed by atoms with E-state index >= 15 is 0 Å². The van der Waals surface area contributed by atoms with E-state index in [1.54, 1.807) is 34.1 Å². The molecule has 4 heterocycles. The number of aliphatic hydroxyl groups excluding tert-OH is 1. The van der Waals surface area contributed by atoms with Gasteiger partial charge in [-0.05, 0) is 42.7 Å². The Hall–Kier alpha value is -3.46. The predicted octanol–water partition coefficient (Wildman–Crippen LogP) is 3.58. The van der Waals surface area contributed by atoms with Crippen molar-refractivity contribution < 1.29 is 24.2 Å². The van der Waals surface area contributed by atoms with Gasteiger partial charge in [0.25, 0.3) is 5.91 Å². The zero-order valence-electron chi connectivity index (χ0n) is 23.0. The molecule has 4 aliphatic heterocycles. The summed E-state index contributed by atoms with van der Waals surface area (Å²) in [5.41, 5.74) is -0.720. The average molecular weight is 576 g/mol. The molecule has 41 heavy (non-hydrogen) atoms. The van der Waals surface area contributed by atoms with Crippen LogP contribution in [0.2, 0.25) is 5.02 Å². The van der Waals surface area contributed by atoms with E-state index in [0.29, 0.717) is 36.6 Å². The number of amides is 3. The van der Waals surface area contributed by atoms with Crippen LogP contribution in [0.5, 0.6) is 0 Å². The van der Waals surface area contributed by atoms with Crippen LogP contribution in [0.1, 0.15) is 25.3 Å². The van der Waals surface area contributed by atoms with Gasteiger partial charge in [0.05, 0.1) is 17.4 Å². The summed E-state index contributed by atoms with van der Waals surface area (Å²) in [6.07, 6.45) is 8.38. The van der Waals surface area contributed by atoms with Gasteiger partial charge in [-0.2, -0.15) is 0 Å². The highest BCUT2D eigenvalue weighted by atomic mass is 35.5. The Balaban J connectivity index is 1.44. The van der Waals surface area contributed by atoms with Crippen molar-refractivity contribution in [2.75, 3.05) is 31.1 Å². The highest BCUT2D eigenvalue weighted by Crippen LogP contribution is 2.58. The Morgan fingerprint density at radius 1 is 0.927 bits per heavy atom. The quantitative estimate of drug-likeness (QED) is 0.510. The molecule has 214 valence electrons. The van der Waals surface area contributed by atoms with Crippen molar-refractivity contribution in [3.63, 3.8) is 0 Å². The highest BCUT2D eigenvalue weighted by molar-refractivity contribution is 6.30. The maximum Gasteiger partial charge on any atom is 0.253 e. The lowest BCUT2D eigenvalue weighted by Gasteiger charge is -2.38. The molecule has 9 heteroatoms. The van der Waals surface area contributed by atoms with Gasteiger partial charge < -0.3 is 24.5 Å². The third-order valence-corrected chi connectivity index (χ3v) is 9.19. The lowest BCUT2D eigenvalue weighted by molar-refractivity contribution is -0.150. The highest BCUT2D eigenvalue weighted by Gasteiger charge is 2.75. The number of rotatable bonds is 7. The molecule has 0 radical (unpaired) electrons. The number of hydrogen-bond acceptors (Lipinski definition) is 5. The first-order valence-corrected chi connectivity index (χ1v) is 14.6.